The number of nitrogens with one attached hydrogen (secondary N) is 1. The molecule has 5 heteroatoms. The van der Waals surface area contributed by atoms with Gasteiger partial charge < -0.3 is 5.32 Å². The monoisotopic (exact) mass is 248 g/mol. The summed E-state index contributed by atoms with van der Waals surface area (Å²) in [6.07, 6.45) is 2.93. The van der Waals surface area contributed by atoms with Crippen LogP contribution in [0.2, 0.25) is 0 Å². The number of rotatable bonds is 5. The van der Waals surface area contributed by atoms with Crippen molar-refractivity contribution < 1.29 is 4.79 Å². The molecule has 0 bridgehead atoms. The Bertz CT molecular complexity index is 466. The SMILES string of the molecule is CCC(C#N)(CC)C(=O)NCc1cn(C)nc1C. The Balaban J connectivity index is 2.72. The molecule has 0 saturated carbocycles. The molecule has 0 saturated heterocycles. The zero-order valence-corrected chi connectivity index (χ0v) is 11.4. The van der Waals surface area contributed by atoms with Crippen molar-refractivity contribution in [1.82, 2.24) is 15.1 Å². The van der Waals surface area contributed by atoms with Gasteiger partial charge in [-0.15, -0.1) is 0 Å². The molecule has 0 atom stereocenters. The number of carbonyl (C=O) groups is 1. The van der Waals surface area contributed by atoms with E-state index >= 15 is 0 Å². The van der Waals surface area contributed by atoms with E-state index < -0.39 is 5.41 Å². The topological polar surface area (TPSA) is 70.7 Å². The maximum atomic E-state index is 12.1. The molecule has 0 radical (unpaired) electrons. The average molecular weight is 248 g/mol. The molecule has 0 spiro atoms. The normalized spacial score (nSPS) is 11.1. The lowest BCUT2D eigenvalue weighted by Crippen LogP contribution is -2.39. The molecule has 5 nitrogen and oxygen atoms in total. The van der Waals surface area contributed by atoms with Crippen LogP contribution in [0.25, 0.3) is 0 Å². The molecule has 1 N–H and O–H groups in total. The quantitative estimate of drug-likeness (QED) is 0.861. The van der Waals surface area contributed by atoms with E-state index in [1.54, 1.807) is 4.68 Å². The average Bonchev–Trinajstić information content (AvgIpc) is 2.68. The van der Waals surface area contributed by atoms with Crippen LogP contribution in [0.1, 0.15) is 37.9 Å². The summed E-state index contributed by atoms with van der Waals surface area (Å²) in [4.78, 5) is 12.1. The molecule has 18 heavy (non-hydrogen) atoms. The molecule has 1 heterocycles. The van der Waals surface area contributed by atoms with Gasteiger partial charge in [0.2, 0.25) is 5.91 Å². The molecule has 0 fully saturated rings. The molecule has 0 unspecified atom stereocenters. The van der Waals surface area contributed by atoms with Crippen LogP contribution in [0.3, 0.4) is 0 Å². The lowest BCUT2D eigenvalue weighted by Gasteiger charge is -2.21. The minimum Gasteiger partial charge on any atom is -0.351 e. The second kappa shape index (κ2) is 5.67. The summed E-state index contributed by atoms with van der Waals surface area (Å²) in [6.45, 7) is 6.05. The Morgan fingerprint density at radius 2 is 2.17 bits per heavy atom. The third-order valence-corrected chi connectivity index (χ3v) is 3.41. The molecule has 0 aliphatic carbocycles. The second-order valence-corrected chi connectivity index (χ2v) is 4.50. The summed E-state index contributed by atoms with van der Waals surface area (Å²) < 4.78 is 1.72. The second-order valence-electron chi connectivity index (χ2n) is 4.50. The van der Waals surface area contributed by atoms with E-state index in [0.29, 0.717) is 19.4 Å². The Morgan fingerprint density at radius 3 is 2.56 bits per heavy atom. The first-order valence-corrected chi connectivity index (χ1v) is 6.17. The molecule has 1 rings (SSSR count). The first-order valence-electron chi connectivity index (χ1n) is 6.17. The van der Waals surface area contributed by atoms with Crippen LogP contribution in [-0.4, -0.2) is 15.7 Å². The summed E-state index contributed by atoms with van der Waals surface area (Å²) in [6, 6.07) is 2.14. The van der Waals surface area contributed by atoms with Gasteiger partial charge in [-0.25, -0.2) is 0 Å². The maximum absolute atomic E-state index is 12.1. The van der Waals surface area contributed by atoms with Gasteiger partial charge >= 0.3 is 0 Å². The fraction of sp³-hybridized carbons (Fsp3) is 0.615. The van der Waals surface area contributed by atoms with Crippen molar-refractivity contribution in [1.29, 1.82) is 5.26 Å². The standard InChI is InChI=1S/C13H20N4O/c1-5-13(6-2,9-14)12(18)15-7-11-8-17(4)16-10(11)3/h8H,5-7H2,1-4H3,(H,15,18). The number of hydrogen-bond donors (Lipinski definition) is 1. The molecular weight excluding hydrogens is 228 g/mol. The first-order chi connectivity index (χ1) is 8.49. The Morgan fingerprint density at radius 1 is 1.56 bits per heavy atom. The number of amides is 1. The summed E-state index contributed by atoms with van der Waals surface area (Å²) in [5.74, 6) is -0.196. The van der Waals surface area contributed by atoms with Crippen LogP contribution in [0, 0.1) is 23.7 Å². The van der Waals surface area contributed by atoms with Crippen molar-refractivity contribution in [3.05, 3.63) is 17.5 Å². The van der Waals surface area contributed by atoms with Crippen LogP contribution < -0.4 is 5.32 Å². The highest BCUT2D eigenvalue weighted by molar-refractivity contribution is 5.85. The molecule has 1 amide bonds. The molecule has 1 aromatic rings. The van der Waals surface area contributed by atoms with Crippen LogP contribution in [0.15, 0.2) is 6.20 Å². The largest absolute Gasteiger partial charge is 0.351 e. The number of aromatic nitrogens is 2. The van der Waals surface area contributed by atoms with Gasteiger partial charge in [-0.2, -0.15) is 10.4 Å². The van der Waals surface area contributed by atoms with Gasteiger partial charge in [-0.05, 0) is 19.8 Å². The van der Waals surface area contributed by atoms with E-state index in [4.69, 9.17) is 0 Å². The van der Waals surface area contributed by atoms with Crippen LogP contribution >= 0.6 is 0 Å². The van der Waals surface area contributed by atoms with E-state index in [1.165, 1.54) is 0 Å². The summed E-state index contributed by atoms with van der Waals surface area (Å²) in [7, 11) is 1.84. The predicted octanol–water partition coefficient (Wildman–Crippen LogP) is 1.67. The zero-order valence-electron chi connectivity index (χ0n) is 11.4. The first kappa shape index (κ1) is 14.2. The highest BCUT2D eigenvalue weighted by atomic mass is 16.2. The fourth-order valence-electron chi connectivity index (χ4n) is 1.95. The fourth-order valence-corrected chi connectivity index (χ4v) is 1.95. The smallest absolute Gasteiger partial charge is 0.240 e. The van der Waals surface area contributed by atoms with Gasteiger partial charge in [0.25, 0.3) is 0 Å². The van der Waals surface area contributed by atoms with Gasteiger partial charge in [0.15, 0.2) is 0 Å². The molecule has 0 aliphatic rings. The van der Waals surface area contributed by atoms with E-state index in [9.17, 15) is 10.1 Å². The lowest BCUT2D eigenvalue weighted by molar-refractivity contribution is -0.128. The third-order valence-electron chi connectivity index (χ3n) is 3.41. The van der Waals surface area contributed by atoms with Gasteiger partial charge in [0, 0.05) is 25.4 Å². The minimum atomic E-state index is -0.907. The number of nitrogens with zero attached hydrogens (tertiary/aromatic N) is 3. The van der Waals surface area contributed by atoms with Gasteiger partial charge in [-0.1, -0.05) is 13.8 Å². The van der Waals surface area contributed by atoms with Crippen molar-refractivity contribution in [2.24, 2.45) is 12.5 Å². The van der Waals surface area contributed by atoms with Crippen LogP contribution in [0.4, 0.5) is 0 Å². The number of carbonyl (C=O) groups excluding carboxylic acids is 1. The highest BCUT2D eigenvalue weighted by Gasteiger charge is 2.34. The summed E-state index contributed by atoms with van der Waals surface area (Å²) >= 11 is 0. The van der Waals surface area contributed by atoms with E-state index in [1.807, 2.05) is 34.0 Å². The number of aryl methyl sites for hydroxylation is 2. The molecule has 98 valence electrons. The van der Waals surface area contributed by atoms with Crippen LogP contribution in [-0.2, 0) is 18.4 Å². The number of nitriles is 1. The Kier molecular flexibility index (Phi) is 4.49. The van der Waals surface area contributed by atoms with Crippen molar-refractivity contribution in [2.75, 3.05) is 0 Å². The zero-order chi connectivity index (χ0) is 13.8. The van der Waals surface area contributed by atoms with Crippen molar-refractivity contribution in [3.63, 3.8) is 0 Å². The summed E-state index contributed by atoms with van der Waals surface area (Å²) in [5.41, 5.74) is 0.967. The van der Waals surface area contributed by atoms with Gasteiger partial charge in [0.05, 0.1) is 11.8 Å². The Hall–Kier alpha value is -1.83. The van der Waals surface area contributed by atoms with Crippen LogP contribution in [0.5, 0.6) is 0 Å². The van der Waals surface area contributed by atoms with E-state index in [2.05, 4.69) is 16.5 Å². The molecule has 1 aromatic heterocycles. The Labute approximate surface area is 108 Å². The molecular formula is C13H20N4O. The maximum Gasteiger partial charge on any atom is 0.240 e. The van der Waals surface area contributed by atoms with Gasteiger partial charge in [0.1, 0.15) is 5.41 Å². The van der Waals surface area contributed by atoms with Gasteiger partial charge in [-0.3, -0.25) is 9.48 Å². The van der Waals surface area contributed by atoms with Crippen molar-refractivity contribution >= 4 is 5.91 Å². The molecule has 0 aromatic carbocycles. The highest BCUT2D eigenvalue weighted by Crippen LogP contribution is 2.25. The minimum absolute atomic E-state index is 0.196. The van der Waals surface area contributed by atoms with Crippen molar-refractivity contribution in [2.45, 2.75) is 40.2 Å². The number of hydrogen-bond acceptors (Lipinski definition) is 3. The van der Waals surface area contributed by atoms with E-state index in [0.717, 1.165) is 11.3 Å². The van der Waals surface area contributed by atoms with Crippen molar-refractivity contribution in [3.8, 4) is 6.07 Å². The summed E-state index contributed by atoms with van der Waals surface area (Å²) in [5, 5.41) is 16.2. The predicted molar refractivity (Wildman–Crippen MR) is 68.4 cm³/mol. The lowest BCUT2D eigenvalue weighted by atomic mass is 9.83. The third kappa shape index (κ3) is 2.70. The van der Waals surface area contributed by atoms with E-state index in [-0.39, 0.29) is 5.91 Å². The molecule has 0 aliphatic heterocycles.